The smallest absolute Gasteiger partial charge is 0.223 e. The van der Waals surface area contributed by atoms with Crippen molar-refractivity contribution in [3.63, 3.8) is 0 Å². The third-order valence-electron chi connectivity index (χ3n) is 3.85. The summed E-state index contributed by atoms with van der Waals surface area (Å²) >= 11 is 0. The summed E-state index contributed by atoms with van der Waals surface area (Å²) in [4.78, 5) is 10.9. The van der Waals surface area contributed by atoms with Gasteiger partial charge in [0, 0.05) is 40.3 Å². The highest BCUT2D eigenvalue weighted by molar-refractivity contribution is 14.0. The first-order chi connectivity index (χ1) is 10.7. The second kappa shape index (κ2) is 10.8. The van der Waals surface area contributed by atoms with Gasteiger partial charge in [-0.1, -0.05) is 5.16 Å². The quantitative estimate of drug-likeness (QED) is 0.418. The van der Waals surface area contributed by atoms with Crippen LogP contribution in [0.4, 0.5) is 0 Å². The Kier molecular flexibility index (Phi) is 9.46. The van der Waals surface area contributed by atoms with E-state index in [1.165, 1.54) is 19.3 Å². The molecule has 0 unspecified atom stereocenters. The number of rotatable bonds is 6. The van der Waals surface area contributed by atoms with E-state index in [2.05, 4.69) is 39.3 Å². The predicted octanol–water partition coefficient (Wildman–Crippen LogP) is 2.21. The van der Waals surface area contributed by atoms with E-state index in [0.29, 0.717) is 18.3 Å². The molecule has 1 aliphatic rings. The minimum absolute atomic E-state index is 0. The third-order valence-corrected chi connectivity index (χ3v) is 3.85. The fourth-order valence-electron chi connectivity index (χ4n) is 2.54. The molecule has 0 amide bonds. The zero-order chi connectivity index (χ0) is 15.8. The Balaban J connectivity index is 0.00000264. The SMILES string of the molecule is CCNC(=NCc1noc(C)n1)N(C)CCC1CCOCC1.I. The highest BCUT2D eigenvalue weighted by Gasteiger charge is 2.15. The van der Waals surface area contributed by atoms with Crippen LogP contribution in [-0.4, -0.2) is 54.4 Å². The largest absolute Gasteiger partial charge is 0.381 e. The number of hydrogen-bond acceptors (Lipinski definition) is 5. The summed E-state index contributed by atoms with van der Waals surface area (Å²) < 4.78 is 10.4. The molecule has 0 spiro atoms. The monoisotopic (exact) mass is 437 g/mol. The maximum Gasteiger partial charge on any atom is 0.223 e. The lowest BCUT2D eigenvalue weighted by molar-refractivity contribution is 0.0625. The molecule has 0 saturated carbocycles. The minimum atomic E-state index is 0. The Hall–Kier alpha value is -0.900. The normalized spacial score (nSPS) is 16.0. The molecule has 1 aliphatic heterocycles. The van der Waals surface area contributed by atoms with Crippen LogP contribution < -0.4 is 5.32 Å². The van der Waals surface area contributed by atoms with Crippen LogP contribution in [0, 0.1) is 12.8 Å². The molecule has 1 aromatic rings. The summed E-state index contributed by atoms with van der Waals surface area (Å²) in [7, 11) is 2.07. The van der Waals surface area contributed by atoms with Crippen LogP contribution in [0.15, 0.2) is 9.52 Å². The van der Waals surface area contributed by atoms with E-state index in [1.54, 1.807) is 6.92 Å². The van der Waals surface area contributed by atoms with Gasteiger partial charge < -0.3 is 19.5 Å². The molecule has 1 aromatic heterocycles. The van der Waals surface area contributed by atoms with Crippen molar-refractivity contribution in [3.05, 3.63) is 11.7 Å². The Bertz CT molecular complexity index is 474. The first-order valence-electron chi connectivity index (χ1n) is 8.05. The Morgan fingerprint density at radius 2 is 2.13 bits per heavy atom. The number of halogens is 1. The number of ether oxygens (including phenoxy) is 1. The molecule has 1 saturated heterocycles. The van der Waals surface area contributed by atoms with E-state index in [0.717, 1.165) is 38.2 Å². The first-order valence-corrected chi connectivity index (χ1v) is 8.05. The molecule has 132 valence electrons. The van der Waals surface area contributed by atoms with Gasteiger partial charge in [0.2, 0.25) is 5.89 Å². The fraction of sp³-hybridized carbons (Fsp3) is 0.800. The maximum absolute atomic E-state index is 5.41. The molecule has 0 aliphatic carbocycles. The van der Waals surface area contributed by atoms with Crippen LogP contribution in [-0.2, 0) is 11.3 Å². The number of nitrogens with one attached hydrogen (secondary N) is 1. The summed E-state index contributed by atoms with van der Waals surface area (Å²) in [6, 6.07) is 0. The van der Waals surface area contributed by atoms with Crippen molar-refractivity contribution < 1.29 is 9.26 Å². The van der Waals surface area contributed by atoms with E-state index in [-0.39, 0.29) is 24.0 Å². The van der Waals surface area contributed by atoms with Crippen LogP contribution in [0.1, 0.15) is 37.9 Å². The maximum atomic E-state index is 5.41. The minimum Gasteiger partial charge on any atom is -0.381 e. The van der Waals surface area contributed by atoms with Crippen molar-refractivity contribution in [1.29, 1.82) is 0 Å². The van der Waals surface area contributed by atoms with Gasteiger partial charge in [0.15, 0.2) is 11.8 Å². The van der Waals surface area contributed by atoms with Gasteiger partial charge in [-0.2, -0.15) is 4.98 Å². The molecular formula is C15H28IN5O2. The summed E-state index contributed by atoms with van der Waals surface area (Å²) in [6.07, 6.45) is 3.51. The van der Waals surface area contributed by atoms with E-state index >= 15 is 0 Å². The average Bonchev–Trinajstić information content (AvgIpc) is 2.95. The molecule has 0 atom stereocenters. The number of aliphatic imine (C=N–C) groups is 1. The van der Waals surface area contributed by atoms with Gasteiger partial charge in [0.05, 0.1) is 0 Å². The lowest BCUT2D eigenvalue weighted by atomic mass is 9.96. The second-order valence-corrected chi connectivity index (χ2v) is 5.67. The van der Waals surface area contributed by atoms with Gasteiger partial charge in [0.25, 0.3) is 0 Å². The number of guanidine groups is 1. The third kappa shape index (κ3) is 7.03. The van der Waals surface area contributed by atoms with E-state index in [9.17, 15) is 0 Å². The molecule has 7 nitrogen and oxygen atoms in total. The fourth-order valence-corrected chi connectivity index (χ4v) is 2.54. The molecule has 23 heavy (non-hydrogen) atoms. The lowest BCUT2D eigenvalue weighted by Gasteiger charge is -2.26. The molecule has 1 fully saturated rings. The molecule has 8 heteroatoms. The second-order valence-electron chi connectivity index (χ2n) is 5.67. The van der Waals surface area contributed by atoms with E-state index < -0.39 is 0 Å². The number of nitrogens with zero attached hydrogens (tertiary/aromatic N) is 4. The molecule has 0 aromatic carbocycles. The Labute approximate surface area is 155 Å². The van der Waals surface area contributed by atoms with Crippen LogP contribution in [0.25, 0.3) is 0 Å². The van der Waals surface area contributed by atoms with Crippen molar-refractivity contribution in [2.75, 3.05) is 33.4 Å². The number of aromatic nitrogens is 2. The Morgan fingerprint density at radius 3 is 2.74 bits per heavy atom. The zero-order valence-corrected chi connectivity index (χ0v) is 16.6. The molecular weight excluding hydrogens is 409 g/mol. The molecule has 2 rings (SSSR count). The first kappa shape index (κ1) is 20.1. The highest BCUT2D eigenvalue weighted by Crippen LogP contribution is 2.18. The highest BCUT2D eigenvalue weighted by atomic mass is 127. The van der Waals surface area contributed by atoms with Crippen molar-refractivity contribution in [3.8, 4) is 0 Å². The van der Waals surface area contributed by atoms with Crippen LogP contribution in [0.3, 0.4) is 0 Å². The van der Waals surface area contributed by atoms with Gasteiger partial charge in [-0.05, 0) is 32.1 Å². The molecule has 2 heterocycles. The van der Waals surface area contributed by atoms with Crippen molar-refractivity contribution in [1.82, 2.24) is 20.4 Å². The van der Waals surface area contributed by atoms with Crippen molar-refractivity contribution >= 4 is 29.9 Å². The predicted molar refractivity (Wildman–Crippen MR) is 100 cm³/mol. The van der Waals surface area contributed by atoms with Crippen LogP contribution >= 0.6 is 24.0 Å². The van der Waals surface area contributed by atoms with Crippen molar-refractivity contribution in [2.45, 2.75) is 39.7 Å². The van der Waals surface area contributed by atoms with Gasteiger partial charge in [-0.3, -0.25) is 0 Å². The van der Waals surface area contributed by atoms with Crippen LogP contribution in [0.5, 0.6) is 0 Å². The number of hydrogen-bond donors (Lipinski definition) is 1. The van der Waals surface area contributed by atoms with Gasteiger partial charge in [-0.15, -0.1) is 24.0 Å². The summed E-state index contributed by atoms with van der Waals surface area (Å²) in [5.41, 5.74) is 0. The van der Waals surface area contributed by atoms with E-state index in [1.807, 2.05) is 0 Å². The molecule has 0 bridgehead atoms. The lowest BCUT2D eigenvalue weighted by Crippen LogP contribution is -2.40. The zero-order valence-electron chi connectivity index (χ0n) is 14.2. The average molecular weight is 437 g/mol. The van der Waals surface area contributed by atoms with Crippen molar-refractivity contribution in [2.24, 2.45) is 10.9 Å². The summed E-state index contributed by atoms with van der Waals surface area (Å²) in [6.45, 7) is 7.92. The standard InChI is InChI=1S/C15H27N5O2.HI/c1-4-16-15(17-11-14-18-12(2)22-19-14)20(3)8-5-13-6-9-21-10-7-13;/h13H,4-11H2,1-3H3,(H,16,17);1H. The van der Waals surface area contributed by atoms with Gasteiger partial charge in [0.1, 0.15) is 6.54 Å². The van der Waals surface area contributed by atoms with Gasteiger partial charge >= 0.3 is 0 Å². The van der Waals surface area contributed by atoms with Crippen LogP contribution in [0.2, 0.25) is 0 Å². The topological polar surface area (TPSA) is 75.8 Å². The summed E-state index contributed by atoms with van der Waals surface area (Å²) in [5.74, 6) is 2.84. The molecule has 1 N–H and O–H groups in total. The van der Waals surface area contributed by atoms with Gasteiger partial charge in [-0.25, -0.2) is 4.99 Å². The molecule has 0 radical (unpaired) electrons. The Morgan fingerprint density at radius 1 is 1.39 bits per heavy atom. The summed E-state index contributed by atoms with van der Waals surface area (Å²) in [5, 5.41) is 7.19. The number of aryl methyl sites for hydroxylation is 1. The van der Waals surface area contributed by atoms with E-state index in [4.69, 9.17) is 9.26 Å².